The standard InChI is InChI=1S/C16H26N2O2/c1-11(2)7-5-8-12(3)18-15-13(16(19)20-4)9-6-10-14(15)17/h6,9-12,18H,5,7-8,17H2,1-4H3. The van der Waals surface area contributed by atoms with E-state index in [9.17, 15) is 4.79 Å². The Labute approximate surface area is 121 Å². The smallest absolute Gasteiger partial charge is 0.340 e. The number of nitrogens with two attached hydrogens (primary N) is 1. The molecule has 0 aliphatic carbocycles. The summed E-state index contributed by atoms with van der Waals surface area (Å²) < 4.78 is 4.79. The first-order chi connectivity index (χ1) is 9.45. The average molecular weight is 278 g/mol. The molecule has 0 aliphatic rings. The van der Waals surface area contributed by atoms with Crippen LogP contribution in [-0.2, 0) is 4.74 Å². The first-order valence-corrected chi connectivity index (χ1v) is 7.19. The first kappa shape index (κ1) is 16.3. The van der Waals surface area contributed by atoms with Gasteiger partial charge in [-0.3, -0.25) is 0 Å². The quantitative estimate of drug-likeness (QED) is 0.590. The lowest BCUT2D eigenvalue weighted by Gasteiger charge is -2.19. The second-order valence-corrected chi connectivity index (χ2v) is 5.63. The molecule has 4 nitrogen and oxygen atoms in total. The maximum Gasteiger partial charge on any atom is 0.340 e. The lowest BCUT2D eigenvalue weighted by Crippen LogP contribution is -2.19. The van der Waals surface area contributed by atoms with E-state index in [2.05, 4.69) is 26.1 Å². The van der Waals surface area contributed by atoms with Crippen LogP contribution < -0.4 is 11.1 Å². The Hall–Kier alpha value is -1.71. The highest BCUT2D eigenvalue weighted by Gasteiger charge is 2.15. The summed E-state index contributed by atoms with van der Waals surface area (Å²) in [6.07, 6.45) is 3.42. The molecule has 1 aromatic rings. The van der Waals surface area contributed by atoms with Crippen LogP contribution in [0.15, 0.2) is 18.2 Å². The third-order valence-electron chi connectivity index (χ3n) is 3.31. The van der Waals surface area contributed by atoms with Crippen molar-refractivity contribution in [3.8, 4) is 0 Å². The van der Waals surface area contributed by atoms with Crippen LogP contribution in [-0.4, -0.2) is 19.1 Å². The molecule has 0 radical (unpaired) electrons. The zero-order valence-electron chi connectivity index (χ0n) is 12.9. The first-order valence-electron chi connectivity index (χ1n) is 7.19. The molecule has 0 amide bonds. The number of nitrogens with one attached hydrogen (secondary N) is 1. The summed E-state index contributed by atoms with van der Waals surface area (Å²) in [5.74, 6) is 0.351. The van der Waals surface area contributed by atoms with Gasteiger partial charge in [0.1, 0.15) is 0 Å². The van der Waals surface area contributed by atoms with Gasteiger partial charge < -0.3 is 15.8 Å². The third kappa shape index (κ3) is 4.76. The van der Waals surface area contributed by atoms with Gasteiger partial charge in [-0.2, -0.15) is 0 Å². The van der Waals surface area contributed by atoms with Crippen LogP contribution in [0.1, 0.15) is 50.4 Å². The largest absolute Gasteiger partial charge is 0.465 e. The van der Waals surface area contributed by atoms with Crippen molar-refractivity contribution in [1.82, 2.24) is 0 Å². The molecule has 1 rings (SSSR count). The van der Waals surface area contributed by atoms with Crippen LogP contribution in [0.3, 0.4) is 0 Å². The molecule has 0 aliphatic heterocycles. The van der Waals surface area contributed by atoms with E-state index in [1.54, 1.807) is 18.2 Å². The Kier molecular flexibility index (Phi) is 6.36. The Morgan fingerprint density at radius 1 is 1.30 bits per heavy atom. The monoisotopic (exact) mass is 278 g/mol. The summed E-state index contributed by atoms with van der Waals surface area (Å²) in [7, 11) is 1.38. The Morgan fingerprint density at radius 3 is 2.60 bits per heavy atom. The molecule has 0 bridgehead atoms. The summed E-state index contributed by atoms with van der Waals surface area (Å²) in [5.41, 5.74) is 7.71. The number of anilines is 2. The van der Waals surface area contributed by atoms with Crippen molar-refractivity contribution in [3.05, 3.63) is 23.8 Å². The number of benzene rings is 1. The summed E-state index contributed by atoms with van der Waals surface area (Å²) >= 11 is 0. The van der Waals surface area contributed by atoms with E-state index in [1.165, 1.54) is 13.5 Å². The molecule has 0 saturated heterocycles. The minimum Gasteiger partial charge on any atom is -0.465 e. The Bertz CT molecular complexity index is 444. The van der Waals surface area contributed by atoms with Gasteiger partial charge in [0.25, 0.3) is 0 Å². The van der Waals surface area contributed by atoms with Gasteiger partial charge in [0, 0.05) is 6.04 Å². The van der Waals surface area contributed by atoms with Gasteiger partial charge in [0.05, 0.1) is 24.0 Å². The van der Waals surface area contributed by atoms with Crippen molar-refractivity contribution in [3.63, 3.8) is 0 Å². The SMILES string of the molecule is COC(=O)c1cccc(N)c1NC(C)CCCC(C)C. The number of methoxy groups -OCH3 is 1. The topological polar surface area (TPSA) is 64.3 Å². The van der Waals surface area contributed by atoms with Crippen molar-refractivity contribution < 1.29 is 9.53 Å². The van der Waals surface area contributed by atoms with Gasteiger partial charge in [-0.25, -0.2) is 4.79 Å². The predicted octanol–water partition coefficient (Wildman–Crippen LogP) is 3.68. The number of hydrogen-bond donors (Lipinski definition) is 2. The molecule has 1 atom stereocenters. The molecule has 0 fully saturated rings. The molecular formula is C16H26N2O2. The zero-order valence-corrected chi connectivity index (χ0v) is 12.9. The van der Waals surface area contributed by atoms with Crippen molar-refractivity contribution in [1.29, 1.82) is 0 Å². The molecule has 0 heterocycles. The lowest BCUT2D eigenvalue weighted by atomic mass is 10.0. The van der Waals surface area contributed by atoms with Gasteiger partial charge in [-0.15, -0.1) is 0 Å². The van der Waals surface area contributed by atoms with E-state index in [1.807, 2.05) is 0 Å². The van der Waals surface area contributed by atoms with Crippen LogP contribution in [0.2, 0.25) is 0 Å². The highest BCUT2D eigenvalue weighted by Crippen LogP contribution is 2.26. The molecule has 0 aromatic heterocycles. The number of ether oxygens (including phenoxy) is 1. The third-order valence-corrected chi connectivity index (χ3v) is 3.31. The molecule has 4 heteroatoms. The fraction of sp³-hybridized carbons (Fsp3) is 0.562. The molecule has 0 saturated carbocycles. The number of esters is 1. The maximum atomic E-state index is 11.8. The second-order valence-electron chi connectivity index (χ2n) is 5.63. The highest BCUT2D eigenvalue weighted by molar-refractivity contribution is 5.98. The van der Waals surface area contributed by atoms with E-state index in [4.69, 9.17) is 10.5 Å². The predicted molar refractivity (Wildman–Crippen MR) is 84.0 cm³/mol. The van der Waals surface area contributed by atoms with Gasteiger partial charge >= 0.3 is 5.97 Å². The van der Waals surface area contributed by atoms with Gasteiger partial charge in [0.15, 0.2) is 0 Å². The molecular weight excluding hydrogens is 252 g/mol. The summed E-state index contributed by atoms with van der Waals surface area (Å²) in [6, 6.07) is 5.54. The number of rotatable bonds is 7. The van der Waals surface area contributed by atoms with Crippen LogP contribution in [0.4, 0.5) is 11.4 Å². The van der Waals surface area contributed by atoms with Crippen LogP contribution >= 0.6 is 0 Å². The number of para-hydroxylation sites is 1. The molecule has 3 N–H and O–H groups in total. The zero-order chi connectivity index (χ0) is 15.1. The molecule has 112 valence electrons. The fourth-order valence-corrected chi connectivity index (χ4v) is 2.16. The molecule has 20 heavy (non-hydrogen) atoms. The lowest BCUT2D eigenvalue weighted by molar-refractivity contribution is 0.0602. The molecule has 1 aromatic carbocycles. The van der Waals surface area contributed by atoms with Crippen molar-refractivity contribution in [2.24, 2.45) is 5.92 Å². The van der Waals surface area contributed by atoms with Gasteiger partial charge in [0.2, 0.25) is 0 Å². The van der Waals surface area contributed by atoms with Crippen molar-refractivity contribution in [2.75, 3.05) is 18.2 Å². The van der Waals surface area contributed by atoms with Gasteiger partial charge in [-0.1, -0.05) is 32.8 Å². The minimum atomic E-state index is -0.366. The van der Waals surface area contributed by atoms with E-state index < -0.39 is 0 Å². The van der Waals surface area contributed by atoms with Crippen molar-refractivity contribution in [2.45, 2.75) is 46.1 Å². The van der Waals surface area contributed by atoms with E-state index in [0.29, 0.717) is 16.9 Å². The van der Waals surface area contributed by atoms with Crippen LogP contribution in [0, 0.1) is 5.92 Å². The Morgan fingerprint density at radius 2 is 2.00 bits per heavy atom. The van der Waals surface area contributed by atoms with E-state index in [0.717, 1.165) is 18.8 Å². The second kappa shape index (κ2) is 7.78. The van der Waals surface area contributed by atoms with Crippen LogP contribution in [0.5, 0.6) is 0 Å². The molecule has 0 spiro atoms. The van der Waals surface area contributed by atoms with Crippen LogP contribution in [0.25, 0.3) is 0 Å². The number of carbonyl (C=O) groups excluding carboxylic acids is 1. The number of carbonyl (C=O) groups is 1. The summed E-state index contributed by atoms with van der Waals surface area (Å²) in [6.45, 7) is 6.55. The maximum absolute atomic E-state index is 11.8. The fourth-order valence-electron chi connectivity index (χ4n) is 2.16. The highest BCUT2D eigenvalue weighted by atomic mass is 16.5. The number of hydrogen-bond acceptors (Lipinski definition) is 4. The average Bonchev–Trinajstić information content (AvgIpc) is 2.39. The minimum absolute atomic E-state index is 0.266. The van der Waals surface area contributed by atoms with E-state index >= 15 is 0 Å². The normalized spacial score (nSPS) is 12.2. The molecule has 1 unspecified atom stereocenters. The summed E-state index contributed by atoms with van der Waals surface area (Å²) in [4.78, 5) is 11.8. The van der Waals surface area contributed by atoms with Crippen molar-refractivity contribution >= 4 is 17.3 Å². The Balaban J connectivity index is 2.73. The summed E-state index contributed by atoms with van der Waals surface area (Å²) in [5, 5.41) is 3.34. The number of nitrogen functional groups attached to an aromatic ring is 1. The van der Waals surface area contributed by atoms with Gasteiger partial charge in [-0.05, 0) is 31.4 Å². The van der Waals surface area contributed by atoms with E-state index in [-0.39, 0.29) is 12.0 Å².